The maximum atomic E-state index is 12.0. The van der Waals surface area contributed by atoms with Crippen molar-refractivity contribution in [3.8, 4) is 28.4 Å². The first kappa shape index (κ1) is 31.8. The highest BCUT2D eigenvalue weighted by atomic mass is 16.5. The number of aliphatic carboxylic acids is 1. The normalized spacial score (nSPS) is 12.2. The summed E-state index contributed by atoms with van der Waals surface area (Å²) in [5, 5.41) is 21.7. The first-order chi connectivity index (χ1) is 20.7. The summed E-state index contributed by atoms with van der Waals surface area (Å²) in [4.78, 5) is 16.5. The second-order valence-electron chi connectivity index (χ2n) is 12.1. The Hall–Kier alpha value is -4.10. The van der Waals surface area contributed by atoms with Crippen LogP contribution in [0.25, 0.3) is 22.6 Å². The number of benzene rings is 3. The molecule has 4 aromatic rings. The van der Waals surface area contributed by atoms with Gasteiger partial charge in [0.05, 0.1) is 12.8 Å². The van der Waals surface area contributed by atoms with E-state index in [4.69, 9.17) is 4.74 Å². The van der Waals surface area contributed by atoms with Crippen LogP contribution in [-0.4, -0.2) is 38.9 Å². The lowest BCUT2D eigenvalue weighted by molar-refractivity contribution is -0.139. The Balaban J connectivity index is 1.30. The minimum atomic E-state index is -0.875. The Labute approximate surface area is 255 Å². The zero-order chi connectivity index (χ0) is 30.7. The van der Waals surface area contributed by atoms with Crippen molar-refractivity contribution < 1.29 is 14.6 Å². The topological polar surface area (TPSA) is 97.2 Å². The smallest absolute Gasteiger partial charge is 0.321 e. The van der Waals surface area contributed by atoms with Crippen LogP contribution in [0.4, 0.5) is 0 Å². The summed E-state index contributed by atoms with van der Waals surface area (Å²) in [6, 6.07) is 23.1. The molecule has 226 valence electrons. The molecule has 1 unspecified atom stereocenters. The third-order valence-electron chi connectivity index (χ3n) is 7.55. The van der Waals surface area contributed by atoms with Crippen molar-refractivity contribution >= 4 is 5.97 Å². The molecule has 7 nitrogen and oxygen atoms in total. The fourth-order valence-corrected chi connectivity index (χ4v) is 4.79. The van der Waals surface area contributed by atoms with Crippen molar-refractivity contribution in [1.82, 2.24) is 20.5 Å². The molecule has 3 aromatic carbocycles. The Morgan fingerprint density at radius 1 is 0.837 bits per heavy atom. The van der Waals surface area contributed by atoms with E-state index in [1.165, 1.54) is 31.2 Å². The minimum absolute atomic E-state index is 0.0829. The average molecular weight is 581 g/mol. The van der Waals surface area contributed by atoms with Crippen molar-refractivity contribution in [2.45, 2.75) is 84.2 Å². The van der Waals surface area contributed by atoms with Crippen molar-refractivity contribution in [3.63, 3.8) is 0 Å². The number of carboxylic acids is 1. The summed E-state index contributed by atoms with van der Waals surface area (Å²) < 4.78 is 5.86. The predicted octanol–water partition coefficient (Wildman–Crippen LogP) is 7.64. The second kappa shape index (κ2) is 15.4. The van der Waals surface area contributed by atoms with E-state index >= 15 is 0 Å². The summed E-state index contributed by atoms with van der Waals surface area (Å²) in [7, 11) is 0. The van der Waals surface area contributed by atoms with Crippen molar-refractivity contribution in [3.05, 3.63) is 95.7 Å². The summed E-state index contributed by atoms with van der Waals surface area (Å²) in [5.41, 5.74) is 5.75. The average Bonchev–Trinajstić information content (AvgIpc) is 3.01. The molecule has 0 amide bonds. The summed E-state index contributed by atoms with van der Waals surface area (Å²) >= 11 is 0. The lowest BCUT2D eigenvalue weighted by Crippen LogP contribution is -2.38. The molecule has 0 spiro atoms. The van der Waals surface area contributed by atoms with Crippen LogP contribution in [-0.2, 0) is 23.2 Å². The molecule has 0 fully saturated rings. The molecule has 43 heavy (non-hydrogen) atoms. The van der Waals surface area contributed by atoms with Crippen molar-refractivity contribution in [1.29, 1.82) is 0 Å². The van der Waals surface area contributed by atoms with E-state index in [0.717, 1.165) is 41.0 Å². The first-order valence-corrected chi connectivity index (χ1v) is 15.3. The van der Waals surface area contributed by atoms with Gasteiger partial charge in [-0.25, -0.2) is 4.98 Å². The fourth-order valence-electron chi connectivity index (χ4n) is 4.79. The molecule has 0 saturated heterocycles. The van der Waals surface area contributed by atoms with Crippen molar-refractivity contribution in [2.24, 2.45) is 0 Å². The summed E-state index contributed by atoms with van der Waals surface area (Å²) in [6.07, 6.45) is 8.16. The molecule has 1 heterocycles. The van der Waals surface area contributed by atoms with Gasteiger partial charge in [-0.1, -0.05) is 102 Å². The number of carbonyl (C=O) groups is 1. The van der Waals surface area contributed by atoms with Gasteiger partial charge in [0.15, 0.2) is 5.82 Å². The summed E-state index contributed by atoms with van der Waals surface area (Å²) in [5.74, 6) is 0.498. The largest absolute Gasteiger partial charge is 0.494 e. The quantitative estimate of drug-likeness (QED) is 0.139. The van der Waals surface area contributed by atoms with Crippen LogP contribution < -0.4 is 10.1 Å². The van der Waals surface area contributed by atoms with Gasteiger partial charge >= 0.3 is 5.97 Å². The third-order valence-corrected chi connectivity index (χ3v) is 7.55. The highest BCUT2D eigenvalue weighted by Gasteiger charge is 2.18. The second-order valence-corrected chi connectivity index (χ2v) is 12.1. The van der Waals surface area contributed by atoms with Gasteiger partial charge in [0.25, 0.3) is 0 Å². The molecular weight excluding hydrogens is 536 g/mol. The van der Waals surface area contributed by atoms with Crippen LogP contribution >= 0.6 is 0 Å². The number of carboxylic acid groups (broad SMARTS) is 1. The van der Waals surface area contributed by atoms with Crippen LogP contribution in [0, 0.1) is 0 Å². The Morgan fingerprint density at radius 3 is 2.09 bits per heavy atom. The van der Waals surface area contributed by atoms with Crippen molar-refractivity contribution in [2.75, 3.05) is 6.61 Å². The van der Waals surface area contributed by atoms with Gasteiger partial charge in [-0.2, -0.15) is 0 Å². The highest BCUT2D eigenvalue weighted by molar-refractivity contribution is 5.74. The Morgan fingerprint density at radius 2 is 1.49 bits per heavy atom. The lowest BCUT2D eigenvalue weighted by atomic mass is 9.87. The number of nitrogens with zero attached hydrogens (tertiary/aromatic N) is 3. The third kappa shape index (κ3) is 9.72. The van der Waals surface area contributed by atoms with E-state index in [1.54, 1.807) is 6.20 Å². The Kier molecular flexibility index (Phi) is 11.4. The number of aromatic nitrogens is 3. The van der Waals surface area contributed by atoms with Gasteiger partial charge in [0.2, 0.25) is 0 Å². The zero-order valence-electron chi connectivity index (χ0n) is 25.8. The minimum Gasteiger partial charge on any atom is -0.494 e. The molecule has 0 aliphatic rings. The molecule has 0 radical (unpaired) electrons. The van der Waals surface area contributed by atoms with Gasteiger partial charge in [-0.3, -0.25) is 4.79 Å². The molecule has 7 heteroatoms. The van der Waals surface area contributed by atoms with E-state index in [2.05, 4.69) is 72.5 Å². The van der Waals surface area contributed by atoms with E-state index < -0.39 is 12.0 Å². The van der Waals surface area contributed by atoms with Crippen LogP contribution in [0.3, 0.4) is 0 Å². The number of ether oxygens (including phenoxy) is 1. The molecule has 0 aliphatic heterocycles. The van der Waals surface area contributed by atoms with Crippen LogP contribution in [0.1, 0.15) is 76.5 Å². The number of nitrogens with one attached hydrogen (secondary N) is 1. The number of hydrogen-bond acceptors (Lipinski definition) is 6. The van der Waals surface area contributed by atoms with E-state index in [9.17, 15) is 9.90 Å². The molecule has 4 rings (SSSR count). The molecule has 1 atom stereocenters. The zero-order valence-corrected chi connectivity index (χ0v) is 25.8. The van der Waals surface area contributed by atoms with Gasteiger partial charge in [-0.05, 0) is 59.2 Å². The number of unbranched alkanes of at least 4 members (excludes halogenated alkanes) is 4. The van der Waals surface area contributed by atoms with Gasteiger partial charge in [0.1, 0.15) is 17.5 Å². The maximum Gasteiger partial charge on any atom is 0.321 e. The Bertz CT molecular complexity index is 1410. The fraction of sp³-hybridized carbons (Fsp3) is 0.389. The number of hydrogen-bond donors (Lipinski definition) is 2. The molecule has 0 bridgehead atoms. The SMILES string of the molecule is CCCCCCCOc1ccc(-c2cnc(-c3ccc(CC(NCc4ccc(C(C)(C)C)cc4)C(=O)O)cc3)nn2)cc1. The molecule has 0 saturated carbocycles. The molecule has 1 aromatic heterocycles. The van der Waals surface area contributed by atoms with E-state index in [1.807, 2.05) is 48.5 Å². The maximum absolute atomic E-state index is 12.0. The first-order valence-electron chi connectivity index (χ1n) is 15.3. The predicted molar refractivity (Wildman–Crippen MR) is 172 cm³/mol. The van der Waals surface area contributed by atoms with Gasteiger partial charge in [-0.15, -0.1) is 10.2 Å². The number of rotatable bonds is 15. The lowest BCUT2D eigenvalue weighted by Gasteiger charge is -2.19. The van der Waals surface area contributed by atoms with Crippen LogP contribution in [0.5, 0.6) is 5.75 Å². The molecule has 2 N–H and O–H groups in total. The van der Waals surface area contributed by atoms with Gasteiger partial charge < -0.3 is 15.2 Å². The van der Waals surface area contributed by atoms with Gasteiger partial charge in [0, 0.05) is 17.7 Å². The van der Waals surface area contributed by atoms with Crippen LogP contribution in [0.2, 0.25) is 0 Å². The molecular formula is C36H44N4O3. The van der Waals surface area contributed by atoms with E-state index in [-0.39, 0.29) is 5.41 Å². The monoisotopic (exact) mass is 580 g/mol. The van der Waals surface area contributed by atoms with E-state index in [0.29, 0.717) is 24.5 Å². The standard InChI is InChI=1S/C36H44N4O3/c1-5-6-7-8-9-22-43-31-20-16-28(17-21-31)33-25-38-34(40-39-33)29-14-10-26(11-15-29)23-32(35(41)42)37-24-27-12-18-30(19-13-27)36(2,3)4/h10-21,25,32,37H,5-9,22-24H2,1-4H3,(H,41,42). The highest BCUT2D eigenvalue weighted by Crippen LogP contribution is 2.23. The summed E-state index contributed by atoms with van der Waals surface area (Å²) in [6.45, 7) is 9.97. The van der Waals surface area contributed by atoms with Crippen LogP contribution in [0.15, 0.2) is 79.0 Å². The molecule has 0 aliphatic carbocycles.